The summed E-state index contributed by atoms with van der Waals surface area (Å²) in [5.74, 6) is 0. The highest BCUT2D eigenvalue weighted by molar-refractivity contribution is 7.80. The average Bonchev–Trinajstić information content (AvgIpc) is 1.68. The molecule has 0 unspecified atom stereocenters. The summed E-state index contributed by atoms with van der Waals surface area (Å²) in [5.41, 5.74) is 0. The molecule has 0 fully saturated rings. The topological polar surface area (TPSA) is 71.8 Å². The fourth-order valence-corrected chi connectivity index (χ4v) is 0.291. The highest BCUT2D eigenvalue weighted by Crippen LogP contribution is 1.55. The molecular formula is C3H6N4S. The molecule has 0 aromatic carbocycles. The van der Waals surface area contributed by atoms with Crippen LogP contribution in [-0.4, -0.2) is 17.8 Å². The van der Waals surface area contributed by atoms with Gasteiger partial charge >= 0.3 is 0 Å². The molecule has 5 heteroatoms. The van der Waals surface area contributed by atoms with Crippen molar-refractivity contribution in [1.29, 1.82) is 10.8 Å². The van der Waals surface area contributed by atoms with Crippen molar-refractivity contribution in [3.05, 3.63) is 0 Å². The van der Waals surface area contributed by atoms with Crippen molar-refractivity contribution < 1.29 is 0 Å². The Labute approximate surface area is 52.3 Å². The molecule has 4 N–H and O–H groups in total. The third-order valence-corrected chi connectivity index (χ3v) is 0.642. The van der Waals surface area contributed by atoms with Gasteiger partial charge in [0.2, 0.25) is 0 Å². The van der Waals surface area contributed by atoms with Gasteiger partial charge < -0.3 is 10.6 Å². The van der Waals surface area contributed by atoms with Crippen LogP contribution < -0.4 is 10.6 Å². The lowest BCUT2D eigenvalue weighted by Crippen LogP contribution is -2.32. The Kier molecular flexibility index (Phi) is 3.69. The molecular weight excluding hydrogens is 124 g/mol. The van der Waals surface area contributed by atoms with Crippen LogP contribution in [0.2, 0.25) is 0 Å². The summed E-state index contributed by atoms with van der Waals surface area (Å²) in [4.78, 5) is 0. The molecule has 4 nitrogen and oxygen atoms in total. The van der Waals surface area contributed by atoms with Crippen LogP contribution in [0.15, 0.2) is 0 Å². The molecule has 8 heavy (non-hydrogen) atoms. The summed E-state index contributed by atoms with van der Waals surface area (Å²) < 4.78 is 0. The molecule has 0 amide bonds. The lowest BCUT2D eigenvalue weighted by atomic mass is 11.0. The smallest absolute Gasteiger partial charge is 0.176 e. The Morgan fingerprint density at radius 3 is 1.88 bits per heavy atom. The van der Waals surface area contributed by atoms with E-state index in [9.17, 15) is 0 Å². The second-order valence-electron chi connectivity index (χ2n) is 0.906. The van der Waals surface area contributed by atoms with Crippen LogP contribution in [0.3, 0.4) is 0 Å². The van der Waals surface area contributed by atoms with Crippen molar-refractivity contribution >= 4 is 30.0 Å². The first-order valence-corrected chi connectivity index (χ1v) is 2.27. The van der Waals surface area contributed by atoms with Crippen molar-refractivity contribution in [2.45, 2.75) is 0 Å². The predicted octanol–water partition coefficient (Wildman–Crippen LogP) is -0.335. The Bertz CT molecular complexity index is 97.9. The minimum absolute atomic E-state index is 0.259. The normalized spacial score (nSPS) is 7.00. The number of thiocarbonyl (C=S) groups is 1. The van der Waals surface area contributed by atoms with E-state index < -0.39 is 0 Å². The van der Waals surface area contributed by atoms with Gasteiger partial charge in [-0.1, -0.05) is 0 Å². The number of hydrogen-bond donors (Lipinski definition) is 4. The first-order valence-electron chi connectivity index (χ1n) is 1.86. The van der Waals surface area contributed by atoms with Gasteiger partial charge in [0, 0.05) is 0 Å². The molecule has 0 radical (unpaired) electrons. The van der Waals surface area contributed by atoms with Crippen LogP contribution in [0.5, 0.6) is 0 Å². The van der Waals surface area contributed by atoms with Gasteiger partial charge in [0.1, 0.15) is 0 Å². The van der Waals surface area contributed by atoms with E-state index in [4.69, 9.17) is 10.8 Å². The van der Waals surface area contributed by atoms with E-state index in [0.29, 0.717) is 0 Å². The Morgan fingerprint density at radius 1 is 1.25 bits per heavy atom. The van der Waals surface area contributed by atoms with E-state index in [-0.39, 0.29) is 5.11 Å². The van der Waals surface area contributed by atoms with E-state index in [1.54, 1.807) is 0 Å². The van der Waals surface area contributed by atoms with Crippen LogP contribution in [0.1, 0.15) is 0 Å². The van der Waals surface area contributed by atoms with Gasteiger partial charge in [-0.2, -0.15) is 0 Å². The first kappa shape index (κ1) is 7.03. The largest absolute Gasteiger partial charge is 0.324 e. The minimum atomic E-state index is 0.259. The number of hydrogen-bond acceptors (Lipinski definition) is 3. The van der Waals surface area contributed by atoms with Gasteiger partial charge in [-0.3, -0.25) is 10.8 Å². The van der Waals surface area contributed by atoms with Crippen molar-refractivity contribution in [3.8, 4) is 0 Å². The van der Waals surface area contributed by atoms with Gasteiger partial charge in [-0.05, 0) is 12.2 Å². The van der Waals surface area contributed by atoms with Crippen molar-refractivity contribution in [3.63, 3.8) is 0 Å². The molecule has 0 spiro atoms. The van der Waals surface area contributed by atoms with Gasteiger partial charge in [0.15, 0.2) is 5.11 Å². The number of nitrogens with one attached hydrogen (secondary N) is 4. The van der Waals surface area contributed by atoms with E-state index in [2.05, 4.69) is 22.9 Å². The molecule has 0 aliphatic heterocycles. The summed E-state index contributed by atoms with van der Waals surface area (Å²) in [7, 11) is 0. The standard InChI is InChI=1S/C3H6N4S/c4-1-6-3(8)7-2-5/h1-2H,(H4,4,5,6,7,8). The fourth-order valence-electron chi connectivity index (χ4n) is 0.173. The molecule has 0 saturated heterocycles. The molecule has 0 atom stereocenters. The van der Waals surface area contributed by atoms with Crippen LogP contribution >= 0.6 is 12.2 Å². The molecule has 0 heterocycles. The highest BCUT2D eigenvalue weighted by Gasteiger charge is 1.82. The summed E-state index contributed by atoms with van der Waals surface area (Å²) in [5, 5.41) is 17.9. The molecule has 0 saturated carbocycles. The SMILES string of the molecule is N=CNC(=S)NC=N. The summed E-state index contributed by atoms with van der Waals surface area (Å²) in [6.07, 6.45) is 1.89. The van der Waals surface area contributed by atoms with Gasteiger partial charge in [0.05, 0.1) is 12.7 Å². The minimum Gasteiger partial charge on any atom is -0.324 e. The quantitative estimate of drug-likeness (QED) is 0.235. The van der Waals surface area contributed by atoms with E-state index in [0.717, 1.165) is 12.7 Å². The van der Waals surface area contributed by atoms with Crippen molar-refractivity contribution in [1.82, 2.24) is 10.6 Å². The van der Waals surface area contributed by atoms with Gasteiger partial charge in [-0.25, -0.2) is 0 Å². The van der Waals surface area contributed by atoms with Crippen LogP contribution in [0.25, 0.3) is 0 Å². The average molecular weight is 130 g/mol. The molecule has 0 aromatic heterocycles. The zero-order chi connectivity index (χ0) is 6.41. The summed E-state index contributed by atoms with van der Waals surface area (Å²) in [6.45, 7) is 0. The maximum absolute atomic E-state index is 6.47. The maximum atomic E-state index is 6.47. The molecule has 0 aliphatic carbocycles. The van der Waals surface area contributed by atoms with Gasteiger partial charge in [0.25, 0.3) is 0 Å². The molecule has 0 bridgehead atoms. The van der Waals surface area contributed by atoms with Crippen LogP contribution in [-0.2, 0) is 0 Å². The lowest BCUT2D eigenvalue weighted by molar-refractivity contribution is 1.26. The molecule has 0 aromatic rings. The Balaban J connectivity index is 3.32. The summed E-state index contributed by atoms with van der Waals surface area (Å²) in [6, 6.07) is 0. The highest BCUT2D eigenvalue weighted by atomic mass is 32.1. The number of rotatable bonds is 2. The molecule has 44 valence electrons. The second-order valence-corrected chi connectivity index (χ2v) is 1.31. The second kappa shape index (κ2) is 4.20. The lowest BCUT2D eigenvalue weighted by Gasteiger charge is -1.96. The van der Waals surface area contributed by atoms with E-state index in [1.807, 2.05) is 0 Å². The van der Waals surface area contributed by atoms with E-state index >= 15 is 0 Å². The zero-order valence-electron chi connectivity index (χ0n) is 4.06. The summed E-state index contributed by atoms with van der Waals surface area (Å²) >= 11 is 4.53. The van der Waals surface area contributed by atoms with E-state index in [1.165, 1.54) is 0 Å². The Hall–Kier alpha value is -0.970. The first-order chi connectivity index (χ1) is 3.81. The zero-order valence-corrected chi connectivity index (χ0v) is 4.88. The third kappa shape index (κ3) is 3.23. The predicted molar refractivity (Wildman–Crippen MR) is 36.4 cm³/mol. The monoisotopic (exact) mass is 130 g/mol. The fraction of sp³-hybridized carbons (Fsp3) is 0. The van der Waals surface area contributed by atoms with Crippen molar-refractivity contribution in [2.75, 3.05) is 0 Å². The van der Waals surface area contributed by atoms with Gasteiger partial charge in [-0.15, -0.1) is 0 Å². The molecule has 0 rings (SSSR count). The third-order valence-electron chi connectivity index (χ3n) is 0.407. The Morgan fingerprint density at radius 2 is 1.62 bits per heavy atom. The van der Waals surface area contributed by atoms with Crippen LogP contribution in [0.4, 0.5) is 0 Å². The molecule has 0 aliphatic rings. The van der Waals surface area contributed by atoms with Crippen molar-refractivity contribution in [2.24, 2.45) is 0 Å². The maximum Gasteiger partial charge on any atom is 0.176 e. The van der Waals surface area contributed by atoms with Crippen LogP contribution in [0, 0.1) is 10.8 Å².